The van der Waals surface area contributed by atoms with Gasteiger partial charge >= 0.3 is 0 Å². The molecule has 29 heavy (non-hydrogen) atoms. The molecule has 0 saturated carbocycles. The third kappa shape index (κ3) is 4.21. The number of carbonyl (C=O) groups is 1. The molecule has 3 aromatic rings. The number of fused-ring (bicyclic) bond motifs is 2. The molecule has 150 valence electrons. The van der Waals surface area contributed by atoms with Crippen LogP contribution in [-0.4, -0.2) is 17.6 Å². The molecule has 0 aromatic heterocycles. The summed E-state index contributed by atoms with van der Waals surface area (Å²) in [5, 5.41) is 5.44. The second-order valence-electron chi connectivity index (χ2n) is 8.19. The second kappa shape index (κ2) is 7.78. The average molecular weight is 389 g/mol. The van der Waals surface area contributed by atoms with E-state index in [1.54, 1.807) is 0 Å². The van der Waals surface area contributed by atoms with Gasteiger partial charge in [0.1, 0.15) is 17.1 Å². The number of carbonyl (C=O) groups excluding carboxylic acids is 1. The largest absolute Gasteiger partial charge is 0.487 e. The molecule has 4 heteroatoms. The highest BCUT2D eigenvalue weighted by molar-refractivity contribution is 5.84. The molecule has 0 radical (unpaired) electrons. The fourth-order valence-corrected chi connectivity index (χ4v) is 3.92. The third-order valence-electron chi connectivity index (χ3n) is 5.36. The summed E-state index contributed by atoms with van der Waals surface area (Å²) in [6, 6.07) is 21.8. The Kier molecular flexibility index (Phi) is 5.18. The lowest BCUT2D eigenvalue weighted by molar-refractivity contribution is -0.129. The van der Waals surface area contributed by atoms with Gasteiger partial charge in [-0.25, -0.2) is 0 Å². The van der Waals surface area contributed by atoms with Crippen molar-refractivity contribution in [1.29, 1.82) is 0 Å². The molecule has 2 atom stereocenters. The van der Waals surface area contributed by atoms with Crippen LogP contribution in [0.1, 0.15) is 45.2 Å². The Morgan fingerprint density at radius 1 is 1.10 bits per heavy atom. The van der Waals surface area contributed by atoms with Crippen LogP contribution < -0.4 is 14.8 Å². The van der Waals surface area contributed by atoms with Gasteiger partial charge in [-0.15, -0.1) is 0 Å². The number of ether oxygens (including phenoxy) is 2. The van der Waals surface area contributed by atoms with Crippen LogP contribution in [0.4, 0.5) is 0 Å². The topological polar surface area (TPSA) is 47.6 Å². The summed E-state index contributed by atoms with van der Waals surface area (Å²) in [5.41, 5.74) is 0.675. The van der Waals surface area contributed by atoms with Crippen LogP contribution in [-0.2, 0) is 4.79 Å². The number of nitrogens with one attached hydrogen (secondary N) is 1. The Morgan fingerprint density at radius 3 is 2.62 bits per heavy atom. The summed E-state index contributed by atoms with van der Waals surface area (Å²) < 4.78 is 12.1. The third-order valence-corrected chi connectivity index (χ3v) is 5.36. The Labute approximate surface area is 171 Å². The first-order valence-corrected chi connectivity index (χ1v) is 10.2. The zero-order valence-corrected chi connectivity index (χ0v) is 17.1. The van der Waals surface area contributed by atoms with Gasteiger partial charge in [0.05, 0.1) is 6.04 Å². The lowest BCUT2D eigenvalue weighted by atomic mass is 9.89. The monoisotopic (exact) mass is 389 g/mol. The number of amides is 1. The van der Waals surface area contributed by atoms with Gasteiger partial charge in [-0.3, -0.25) is 4.79 Å². The van der Waals surface area contributed by atoms with Crippen LogP contribution in [0.5, 0.6) is 11.5 Å². The molecule has 1 aliphatic rings. The predicted octanol–water partition coefficient (Wildman–Crippen LogP) is 5.42. The molecule has 0 spiro atoms. The molecule has 0 aliphatic carbocycles. The van der Waals surface area contributed by atoms with Gasteiger partial charge in [-0.05, 0) is 49.2 Å². The maximum absolute atomic E-state index is 13.1. The molecule has 1 N–H and O–H groups in total. The lowest BCUT2D eigenvalue weighted by Crippen LogP contribution is -2.45. The minimum atomic E-state index is -0.547. The van der Waals surface area contributed by atoms with Crippen molar-refractivity contribution in [3.63, 3.8) is 0 Å². The summed E-state index contributed by atoms with van der Waals surface area (Å²) in [7, 11) is 0. The standard InChI is InChI=1S/C25H27NO3/c1-4-22(28-19-14-13-17-9-5-6-10-18(17)15-19)24(27)26-21-16-25(2,3)29-23-12-8-7-11-20(21)23/h5-15,21-22H,4,16H2,1-3H3,(H,26,27)/t21-,22-/m1/s1. The van der Waals surface area contributed by atoms with Crippen molar-refractivity contribution in [2.24, 2.45) is 0 Å². The molecule has 0 fully saturated rings. The summed E-state index contributed by atoms with van der Waals surface area (Å²) in [5.74, 6) is 1.44. The van der Waals surface area contributed by atoms with Crippen LogP contribution in [0.25, 0.3) is 10.8 Å². The second-order valence-corrected chi connectivity index (χ2v) is 8.19. The van der Waals surface area contributed by atoms with Crippen molar-refractivity contribution in [1.82, 2.24) is 5.32 Å². The van der Waals surface area contributed by atoms with E-state index in [-0.39, 0.29) is 17.6 Å². The Hall–Kier alpha value is -3.01. The first-order valence-electron chi connectivity index (χ1n) is 10.2. The minimum Gasteiger partial charge on any atom is -0.487 e. The predicted molar refractivity (Wildman–Crippen MR) is 115 cm³/mol. The fourth-order valence-electron chi connectivity index (χ4n) is 3.92. The van der Waals surface area contributed by atoms with E-state index in [9.17, 15) is 4.79 Å². The van der Waals surface area contributed by atoms with Gasteiger partial charge < -0.3 is 14.8 Å². The average Bonchev–Trinajstić information content (AvgIpc) is 2.71. The fraction of sp³-hybridized carbons (Fsp3) is 0.320. The van der Waals surface area contributed by atoms with Crippen molar-refractivity contribution >= 4 is 16.7 Å². The summed E-state index contributed by atoms with van der Waals surface area (Å²) in [4.78, 5) is 13.1. The quantitative estimate of drug-likeness (QED) is 0.634. The lowest BCUT2D eigenvalue weighted by Gasteiger charge is -2.38. The molecule has 0 saturated heterocycles. The maximum Gasteiger partial charge on any atom is 0.261 e. The summed E-state index contributed by atoms with van der Waals surface area (Å²) >= 11 is 0. The van der Waals surface area contributed by atoms with E-state index in [4.69, 9.17) is 9.47 Å². The Balaban J connectivity index is 1.51. The highest BCUT2D eigenvalue weighted by atomic mass is 16.5. The number of rotatable bonds is 5. The van der Waals surface area contributed by atoms with Gasteiger partial charge in [-0.2, -0.15) is 0 Å². The van der Waals surface area contributed by atoms with E-state index in [0.29, 0.717) is 18.6 Å². The van der Waals surface area contributed by atoms with Crippen LogP contribution in [0.2, 0.25) is 0 Å². The van der Waals surface area contributed by atoms with E-state index < -0.39 is 6.10 Å². The van der Waals surface area contributed by atoms with Crippen molar-refractivity contribution < 1.29 is 14.3 Å². The summed E-state index contributed by atoms with van der Waals surface area (Å²) in [6.07, 6.45) is 0.754. The number of para-hydroxylation sites is 1. The minimum absolute atomic E-state index is 0.0989. The SMILES string of the molecule is CC[C@@H](Oc1ccc2ccccc2c1)C(=O)N[C@@H]1CC(C)(C)Oc2ccccc21. The smallest absolute Gasteiger partial charge is 0.261 e. The molecule has 1 heterocycles. The highest BCUT2D eigenvalue weighted by Gasteiger charge is 2.35. The van der Waals surface area contributed by atoms with E-state index >= 15 is 0 Å². The summed E-state index contributed by atoms with van der Waals surface area (Å²) in [6.45, 7) is 6.06. The van der Waals surface area contributed by atoms with Crippen molar-refractivity contribution in [2.75, 3.05) is 0 Å². The van der Waals surface area contributed by atoms with Gasteiger partial charge in [0.25, 0.3) is 5.91 Å². The van der Waals surface area contributed by atoms with E-state index in [1.807, 2.05) is 81.4 Å². The number of hydrogen-bond acceptors (Lipinski definition) is 3. The molecule has 4 rings (SSSR count). The zero-order chi connectivity index (χ0) is 20.4. The van der Waals surface area contributed by atoms with Gasteiger partial charge in [-0.1, -0.05) is 55.5 Å². The molecule has 4 nitrogen and oxygen atoms in total. The molecule has 0 unspecified atom stereocenters. The van der Waals surface area contributed by atoms with E-state index in [2.05, 4.69) is 11.4 Å². The number of hydrogen-bond donors (Lipinski definition) is 1. The van der Waals surface area contributed by atoms with Crippen molar-refractivity contribution in [2.45, 2.75) is 51.4 Å². The van der Waals surface area contributed by atoms with Crippen LogP contribution in [0.15, 0.2) is 66.7 Å². The van der Waals surface area contributed by atoms with Crippen LogP contribution in [0.3, 0.4) is 0 Å². The van der Waals surface area contributed by atoms with Gasteiger partial charge in [0.15, 0.2) is 6.10 Å². The Morgan fingerprint density at radius 2 is 1.83 bits per heavy atom. The maximum atomic E-state index is 13.1. The number of benzene rings is 3. The molecule has 3 aromatic carbocycles. The molecule has 1 amide bonds. The van der Waals surface area contributed by atoms with E-state index in [1.165, 1.54) is 0 Å². The van der Waals surface area contributed by atoms with Gasteiger partial charge in [0.2, 0.25) is 0 Å². The van der Waals surface area contributed by atoms with Crippen LogP contribution in [0, 0.1) is 0 Å². The van der Waals surface area contributed by atoms with E-state index in [0.717, 1.165) is 22.1 Å². The first kappa shape index (κ1) is 19.3. The molecular weight excluding hydrogens is 362 g/mol. The highest BCUT2D eigenvalue weighted by Crippen LogP contribution is 2.39. The normalized spacial score (nSPS) is 18.4. The zero-order valence-electron chi connectivity index (χ0n) is 17.1. The molecular formula is C25H27NO3. The molecule has 0 bridgehead atoms. The Bertz CT molecular complexity index is 1030. The first-order chi connectivity index (χ1) is 13.9. The van der Waals surface area contributed by atoms with Crippen molar-refractivity contribution in [3.8, 4) is 11.5 Å². The van der Waals surface area contributed by atoms with Crippen molar-refractivity contribution in [3.05, 3.63) is 72.3 Å². The van der Waals surface area contributed by atoms with Crippen LogP contribution >= 0.6 is 0 Å². The van der Waals surface area contributed by atoms with Gasteiger partial charge in [0, 0.05) is 12.0 Å². The molecule has 1 aliphatic heterocycles.